The standard InChI is InChI=1S/C15H22N2O5/c1-15(2,3)22-14(21)17-7-5-12(19)13(20)11-8-10(9-18)4-6-16-11/h4,6,8-9,12-13,19-20H,5,7H2,1-3H3,(H,17,21). The van der Waals surface area contributed by atoms with Crippen LogP contribution in [0.25, 0.3) is 0 Å². The molecule has 0 aliphatic heterocycles. The van der Waals surface area contributed by atoms with Gasteiger partial charge in [-0.2, -0.15) is 0 Å². The van der Waals surface area contributed by atoms with Gasteiger partial charge < -0.3 is 20.3 Å². The predicted octanol–water partition coefficient (Wildman–Crippen LogP) is 1.20. The Balaban J connectivity index is 2.46. The van der Waals surface area contributed by atoms with E-state index in [1.165, 1.54) is 18.3 Å². The lowest BCUT2D eigenvalue weighted by Gasteiger charge is -2.21. The van der Waals surface area contributed by atoms with Gasteiger partial charge in [0.2, 0.25) is 0 Å². The number of hydrogen-bond acceptors (Lipinski definition) is 6. The molecule has 1 amide bonds. The lowest BCUT2D eigenvalue weighted by molar-refractivity contribution is 0.00990. The lowest BCUT2D eigenvalue weighted by atomic mass is 10.1. The Hall–Kier alpha value is -1.99. The topological polar surface area (TPSA) is 109 Å². The van der Waals surface area contributed by atoms with E-state index in [1.54, 1.807) is 20.8 Å². The molecular weight excluding hydrogens is 288 g/mol. The number of nitrogens with one attached hydrogen (secondary N) is 1. The molecule has 3 N–H and O–H groups in total. The normalized spacial score (nSPS) is 14.0. The van der Waals surface area contributed by atoms with E-state index < -0.39 is 23.9 Å². The van der Waals surface area contributed by atoms with E-state index in [4.69, 9.17) is 4.74 Å². The molecule has 0 radical (unpaired) electrons. The van der Waals surface area contributed by atoms with Gasteiger partial charge in [-0.15, -0.1) is 0 Å². The highest BCUT2D eigenvalue weighted by molar-refractivity contribution is 5.74. The van der Waals surface area contributed by atoms with Crippen molar-refractivity contribution in [2.75, 3.05) is 6.54 Å². The lowest BCUT2D eigenvalue weighted by Crippen LogP contribution is -2.34. The fourth-order valence-electron chi connectivity index (χ4n) is 1.69. The molecular formula is C15H22N2O5. The molecule has 7 heteroatoms. The van der Waals surface area contributed by atoms with Crippen LogP contribution >= 0.6 is 0 Å². The second kappa shape index (κ2) is 7.86. The molecule has 1 heterocycles. The summed E-state index contributed by atoms with van der Waals surface area (Å²) in [4.78, 5) is 26.0. The second-order valence-electron chi connectivity index (χ2n) is 5.86. The Kier molecular flexibility index (Phi) is 6.45. The summed E-state index contributed by atoms with van der Waals surface area (Å²) in [5, 5.41) is 22.4. The SMILES string of the molecule is CC(C)(C)OC(=O)NCCC(O)C(O)c1cc(C=O)ccn1. The highest BCUT2D eigenvalue weighted by Crippen LogP contribution is 2.17. The van der Waals surface area contributed by atoms with E-state index in [-0.39, 0.29) is 18.7 Å². The van der Waals surface area contributed by atoms with Crippen molar-refractivity contribution in [1.82, 2.24) is 10.3 Å². The van der Waals surface area contributed by atoms with Gasteiger partial charge in [-0.1, -0.05) is 0 Å². The van der Waals surface area contributed by atoms with Gasteiger partial charge in [-0.3, -0.25) is 9.78 Å². The molecule has 22 heavy (non-hydrogen) atoms. The van der Waals surface area contributed by atoms with Gasteiger partial charge in [0.25, 0.3) is 0 Å². The summed E-state index contributed by atoms with van der Waals surface area (Å²) in [7, 11) is 0. The van der Waals surface area contributed by atoms with Crippen LogP contribution in [0.15, 0.2) is 18.3 Å². The quantitative estimate of drug-likeness (QED) is 0.681. The molecule has 0 bridgehead atoms. The van der Waals surface area contributed by atoms with Crippen LogP contribution in [0.2, 0.25) is 0 Å². The molecule has 0 aliphatic rings. The Bertz CT molecular complexity index is 513. The molecule has 0 spiro atoms. The van der Waals surface area contributed by atoms with Gasteiger partial charge in [-0.25, -0.2) is 4.79 Å². The van der Waals surface area contributed by atoms with Crippen LogP contribution in [0, 0.1) is 0 Å². The van der Waals surface area contributed by atoms with E-state index in [1.807, 2.05) is 0 Å². The zero-order valence-electron chi connectivity index (χ0n) is 12.9. The molecule has 1 rings (SSSR count). The Labute approximate surface area is 129 Å². The van der Waals surface area contributed by atoms with E-state index in [0.717, 1.165) is 0 Å². The monoisotopic (exact) mass is 310 g/mol. The number of pyridine rings is 1. The van der Waals surface area contributed by atoms with Gasteiger partial charge in [0.05, 0.1) is 11.8 Å². The number of nitrogens with zero attached hydrogens (tertiary/aromatic N) is 1. The van der Waals surface area contributed by atoms with Crippen molar-refractivity contribution in [3.63, 3.8) is 0 Å². The molecule has 0 aromatic carbocycles. The van der Waals surface area contributed by atoms with Crippen molar-refractivity contribution in [3.8, 4) is 0 Å². The second-order valence-corrected chi connectivity index (χ2v) is 5.86. The first-order chi connectivity index (χ1) is 10.2. The Morgan fingerprint density at radius 2 is 2.14 bits per heavy atom. The molecule has 0 fully saturated rings. The average molecular weight is 310 g/mol. The molecule has 7 nitrogen and oxygen atoms in total. The minimum absolute atomic E-state index is 0.118. The molecule has 0 saturated heterocycles. The first-order valence-electron chi connectivity index (χ1n) is 6.97. The van der Waals surface area contributed by atoms with Gasteiger partial charge in [0, 0.05) is 18.3 Å². The number of carbonyl (C=O) groups is 2. The van der Waals surface area contributed by atoms with Crippen molar-refractivity contribution in [2.45, 2.75) is 45.0 Å². The number of aliphatic hydroxyl groups is 2. The number of alkyl carbamates (subject to hydrolysis) is 1. The van der Waals surface area contributed by atoms with Crippen LogP contribution < -0.4 is 5.32 Å². The highest BCUT2D eigenvalue weighted by atomic mass is 16.6. The maximum Gasteiger partial charge on any atom is 0.407 e. The number of rotatable bonds is 6. The summed E-state index contributed by atoms with van der Waals surface area (Å²) in [6.45, 7) is 5.38. The number of aldehydes is 1. The molecule has 122 valence electrons. The van der Waals surface area contributed by atoms with Gasteiger partial charge in [-0.05, 0) is 39.3 Å². The average Bonchev–Trinajstić information content (AvgIpc) is 2.44. The first kappa shape index (κ1) is 18.1. The molecule has 0 aliphatic carbocycles. The summed E-state index contributed by atoms with van der Waals surface area (Å²) < 4.78 is 5.05. The summed E-state index contributed by atoms with van der Waals surface area (Å²) in [5.41, 5.74) is -0.0287. The van der Waals surface area contributed by atoms with Crippen LogP contribution in [0.1, 0.15) is 49.3 Å². The van der Waals surface area contributed by atoms with Crippen molar-refractivity contribution >= 4 is 12.4 Å². The number of ether oxygens (including phenoxy) is 1. The Morgan fingerprint density at radius 3 is 2.73 bits per heavy atom. The maximum absolute atomic E-state index is 11.4. The smallest absolute Gasteiger partial charge is 0.407 e. The maximum atomic E-state index is 11.4. The van der Waals surface area contributed by atoms with Crippen molar-refractivity contribution in [3.05, 3.63) is 29.6 Å². The number of amides is 1. The first-order valence-corrected chi connectivity index (χ1v) is 6.97. The molecule has 1 aromatic heterocycles. The number of carbonyl (C=O) groups excluding carboxylic acids is 2. The molecule has 2 unspecified atom stereocenters. The zero-order valence-corrected chi connectivity index (χ0v) is 12.9. The third-order valence-corrected chi connectivity index (χ3v) is 2.72. The summed E-state index contributed by atoms with van der Waals surface area (Å²) >= 11 is 0. The third kappa shape index (κ3) is 6.19. The summed E-state index contributed by atoms with van der Waals surface area (Å²) in [6.07, 6.45) is -0.810. The van der Waals surface area contributed by atoms with E-state index in [9.17, 15) is 19.8 Å². The summed E-state index contributed by atoms with van der Waals surface area (Å²) in [6, 6.07) is 2.90. The van der Waals surface area contributed by atoms with Crippen LogP contribution in [0.5, 0.6) is 0 Å². The van der Waals surface area contributed by atoms with Gasteiger partial charge >= 0.3 is 6.09 Å². The molecule has 0 saturated carbocycles. The van der Waals surface area contributed by atoms with Crippen LogP contribution in [-0.4, -0.2) is 45.8 Å². The highest BCUT2D eigenvalue weighted by Gasteiger charge is 2.21. The summed E-state index contributed by atoms with van der Waals surface area (Å²) in [5.74, 6) is 0. The van der Waals surface area contributed by atoms with Crippen LogP contribution in [-0.2, 0) is 4.74 Å². The minimum atomic E-state index is -1.24. The van der Waals surface area contributed by atoms with Crippen LogP contribution in [0.3, 0.4) is 0 Å². The van der Waals surface area contributed by atoms with E-state index in [2.05, 4.69) is 10.3 Å². The number of aliphatic hydroxyl groups excluding tert-OH is 2. The zero-order chi connectivity index (χ0) is 16.8. The number of hydrogen-bond donors (Lipinski definition) is 3. The minimum Gasteiger partial charge on any atom is -0.444 e. The Morgan fingerprint density at radius 1 is 1.45 bits per heavy atom. The van der Waals surface area contributed by atoms with Crippen molar-refractivity contribution < 1.29 is 24.5 Å². The predicted molar refractivity (Wildman–Crippen MR) is 79.4 cm³/mol. The largest absolute Gasteiger partial charge is 0.444 e. The number of aromatic nitrogens is 1. The van der Waals surface area contributed by atoms with Gasteiger partial charge in [0.15, 0.2) is 0 Å². The third-order valence-electron chi connectivity index (χ3n) is 2.72. The van der Waals surface area contributed by atoms with E-state index >= 15 is 0 Å². The fourth-order valence-corrected chi connectivity index (χ4v) is 1.69. The van der Waals surface area contributed by atoms with Gasteiger partial charge in [0.1, 0.15) is 18.0 Å². The van der Waals surface area contributed by atoms with E-state index in [0.29, 0.717) is 11.8 Å². The molecule has 1 aromatic rings. The van der Waals surface area contributed by atoms with Crippen LogP contribution in [0.4, 0.5) is 4.79 Å². The molecule has 2 atom stereocenters. The van der Waals surface area contributed by atoms with Crippen molar-refractivity contribution in [2.24, 2.45) is 0 Å². The van der Waals surface area contributed by atoms with Crippen molar-refractivity contribution in [1.29, 1.82) is 0 Å². The fraction of sp³-hybridized carbons (Fsp3) is 0.533.